The van der Waals surface area contributed by atoms with E-state index in [1.54, 1.807) is 0 Å². The molecule has 2 rings (SSSR count). The molecule has 2 atom stereocenters. The summed E-state index contributed by atoms with van der Waals surface area (Å²) >= 11 is 0. The maximum absolute atomic E-state index is 12.3. The summed E-state index contributed by atoms with van der Waals surface area (Å²) in [5.74, 6) is -2.21. The fourth-order valence-electron chi connectivity index (χ4n) is 2.56. The molecule has 0 aliphatic heterocycles. The lowest BCUT2D eigenvalue weighted by atomic mass is 9.76. The van der Waals surface area contributed by atoms with Crippen LogP contribution in [0.1, 0.15) is 17.9 Å². The average molecular weight is 318 g/mol. The molecule has 0 bridgehead atoms. The summed E-state index contributed by atoms with van der Waals surface area (Å²) in [6, 6.07) is 9.24. The Bertz CT molecular complexity index is 627. The molecule has 0 heterocycles. The van der Waals surface area contributed by atoms with Gasteiger partial charge in [0.05, 0.1) is 14.2 Å². The Morgan fingerprint density at radius 1 is 1.13 bits per heavy atom. The Morgan fingerprint density at radius 2 is 1.83 bits per heavy atom. The first kappa shape index (κ1) is 16.5. The highest BCUT2D eigenvalue weighted by atomic mass is 16.5. The van der Waals surface area contributed by atoms with E-state index in [0.717, 1.165) is 5.56 Å². The molecule has 0 spiro atoms. The van der Waals surface area contributed by atoms with Gasteiger partial charge in [0, 0.05) is 17.7 Å². The van der Waals surface area contributed by atoms with Crippen LogP contribution in [0.15, 0.2) is 42.1 Å². The summed E-state index contributed by atoms with van der Waals surface area (Å²) in [4.78, 5) is 35.5. The van der Waals surface area contributed by atoms with Gasteiger partial charge in [0.25, 0.3) is 0 Å². The maximum atomic E-state index is 12.3. The summed E-state index contributed by atoms with van der Waals surface area (Å²) in [5, 5.41) is 0. The normalized spacial score (nSPS) is 20.3. The van der Waals surface area contributed by atoms with Crippen molar-refractivity contribution < 1.29 is 23.9 Å². The van der Waals surface area contributed by atoms with E-state index in [2.05, 4.69) is 15.6 Å². The van der Waals surface area contributed by atoms with Gasteiger partial charge >= 0.3 is 12.1 Å². The molecule has 1 aromatic carbocycles. The average Bonchev–Trinajstić information content (AvgIpc) is 2.59. The third kappa shape index (κ3) is 3.88. The molecule has 2 unspecified atom stereocenters. The van der Waals surface area contributed by atoms with Crippen molar-refractivity contribution in [2.45, 2.75) is 12.3 Å². The standard InChI is InChI=1S/C16H18N2O5/c1-22-15(20)14-12(10-6-4-3-5-7-10)8-11(9-13(14)19)17-18-16(21)23-2/h3-7,9,12,14,17H,8H2,1-2H3,(H,18,21). The van der Waals surface area contributed by atoms with Crippen LogP contribution in [0.2, 0.25) is 0 Å². The van der Waals surface area contributed by atoms with Crippen LogP contribution in [0.5, 0.6) is 0 Å². The number of benzene rings is 1. The number of ketones is 1. The number of hydrogen-bond acceptors (Lipinski definition) is 6. The van der Waals surface area contributed by atoms with Gasteiger partial charge in [-0.05, 0) is 12.0 Å². The highest BCUT2D eigenvalue weighted by molar-refractivity contribution is 6.07. The van der Waals surface area contributed by atoms with Gasteiger partial charge in [-0.15, -0.1) is 0 Å². The van der Waals surface area contributed by atoms with Gasteiger partial charge in [-0.2, -0.15) is 0 Å². The van der Waals surface area contributed by atoms with E-state index in [9.17, 15) is 14.4 Å². The molecule has 1 aliphatic carbocycles. The maximum Gasteiger partial charge on any atom is 0.425 e. The SMILES string of the molecule is COC(=O)NNC1=CC(=O)C(C(=O)OC)C(c2ccccc2)C1. The molecule has 0 saturated heterocycles. The van der Waals surface area contributed by atoms with Crippen LogP contribution in [-0.2, 0) is 19.1 Å². The molecule has 1 amide bonds. The number of carbonyl (C=O) groups is 3. The lowest BCUT2D eigenvalue weighted by Crippen LogP contribution is -2.41. The van der Waals surface area contributed by atoms with E-state index in [1.807, 2.05) is 30.3 Å². The highest BCUT2D eigenvalue weighted by Gasteiger charge is 2.39. The van der Waals surface area contributed by atoms with Crippen LogP contribution in [-0.4, -0.2) is 32.1 Å². The fourth-order valence-corrected chi connectivity index (χ4v) is 2.56. The predicted octanol–water partition coefficient (Wildman–Crippen LogP) is 1.28. The Kier molecular flexibility index (Phi) is 5.35. The van der Waals surface area contributed by atoms with Gasteiger partial charge in [0.1, 0.15) is 5.92 Å². The summed E-state index contributed by atoms with van der Waals surface area (Å²) in [7, 11) is 2.49. The van der Waals surface area contributed by atoms with Crippen LogP contribution in [0.3, 0.4) is 0 Å². The molecule has 0 saturated carbocycles. The van der Waals surface area contributed by atoms with Gasteiger partial charge in [-0.3, -0.25) is 15.0 Å². The van der Waals surface area contributed by atoms with E-state index in [4.69, 9.17) is 4.74 Å². The van der Waals surface area contributed by atoms with Crippen molar-refractivity contribution in [1.82, 2.24) is 10.9 Å². The third-order valence-corrected chi connectivity index (χ3v) is 3.66. The molecule has 7 heteroatoms. The molecular formula is C16H18N2O5. The van der Waals surface area contributed by atoms with Crippen molar-refractivity contribution in [2.75, 3.05) is 14.2 Å². The van der Waals surface area contributed by atoms with Crippen molar-refractivity contribution in [2.24, 2.45) is 5.92 Å². The summed E-state index contributed by atoms with van der Waals surface area (Å²) in [6.07, 6.45) is 1.00. The number of allylic oxidation sites excluding steroid dienone is 2. The third-order valence-electron chi connectivity index (χ3n) is 3.66. The smallest absolute Gasteiger partial charge is 0.425 e. The topological polar surface area (TPSA) is 93.7 Å². The van der Waals surface area contributed by atoms with Gasteiger partial charge in [-0.1, -0.05) is 30.3 Å². The number of esters is 1. The first-order valence-electron chi connectivity index (χ1n) is 7.04. The largest absolute Gasteiger partial charge is 0.468 e. The highest BCUT2D eigenvalue weighted by Crippen LogP contribution is 2.35. The Labute approximate surface area is 133 Å². The van der Waals surface area contributed by atoms with Gasteiger partial charge < -0.3 is 9.47 Å². The second-order valence-electron chi connectivity index (χ2n) is 5.04. The molecule has 1 aromatic rings. The monoisotopic (exact) mass is 318 g/mol. The van der Waals surface area contributed by atoms with E-state index >= 15 is 0 Å². The first-order chi connectivity index (χ1) is 11.1. The summed E-state index contributed by atoms with van der Waals surface area (Å²) < 4.78 is 9.22. The Balaban J connectivity index is 2.26. The minimum Gasteiger partial charge on any atom is -0.468 e. The van der Waals surface area contributed by atoms with Gasteiger partial charge in [0.2, 0.25) is 0 Å². The second-order valence-corrected chi connectivity index (χ2v) is 5.04. The fraction of sp³-hybridized carbons (Fsp3) is 0.312. The molecule has 7 nitrogen and oxygen atoms in total. The number of ether oxygens (including phenoxy) is 2. The molecule has 0 aromatic heterocycles. The molecule has 0 radical (unpaired) electrons. The van der Waals surface area contributed by atoms with Crippen LogP contribution in [0.4, 0.5) is 4.79 Å². The number of hydrogen-bond donors (Lipinski definition) is 2. The predicted molar refractivity (Wildman–Crippen MR) is 81.1 cm³/mol. The van der Waals surface area contributed by atoms with Crippen molar-refractivity contribution in [1.29, 1.82) is 0 Å². The number of carbonyl (C=O) groups excluding carboxylic acids is 3. The van der Waals surface area contributed by atoms with Crippen LogP contribution < -0.4 is 10.9 Å². The Hall–Kier alpha value is -2.83. The van der Waals surface area contributed by atoms with E-state index in [-0.39, 0.29) is 11.7 Å². The van der Waals surface area contributed by atoms with Crippen molar-refractivity contribution in [3.8, 4) is 0 Å². The molecule has 0 fully saturated rings. The minimum absolute atomic E-state index is 0.369. The minimum atomic E-state index is -0.897. The summed E-state index contributed by atoms with van der Waals surface area (Å²) in [5.41, 5.74) is 6.29. The van der Waals surface area contributed by atoms with E-state index < -0.39 is 18.0 Å². The van der Waals surface area contributed by atoms with Gasteiger partial charge in [0.15, 0.2) is 5.78 Å². The summed E-state index contributed by atoms with van der Waals surface area (Å²) in [6.45, 7) is 0. The van der Waals surface area contributed by atoms with Gasteiger partial charge in [-0.25, -0.2) is 10.2 Å². The lowest BCUT2D eigenvalue weighted by molar-refractivity contribution is -0.149. The molecule has 1 aliphatic rings. The first-order valence-corrected chi connectivity index (χ1v) is 7.04. The zero-order valence-electron chi connectivity index (χ0n) is 12.9. The molecule has 122 valence electrons. The molecule has 23 heavy (non-hydrogen) atoms. The van der Waals surface area contributed by atoms with Crippen molar-refractivity contribution in [3.05, 3.63) is 47.7 Å². The number of amides is 1. The second kappa shape index (κ2) is 7.44. The quantitative estimate of drug-likeness (QED) is 0.493. The number of nitrogens with one attached hydrogen (secondary N) is 2. The molecule has 2 N–H and O–H groups in total. The Morgan fingerprint density at radius 3 is 2.43 bits per heavy atom. The van der Waals surface area contributed by atoms with Crippen molar-refractivity contribution in [3.63, 3.8) is 0 Å². The van der Waals surface area contributed by atoms with E-state index in [0.29, 0.717) is 12.1 Å². The number of rotatable bonds is 4. The van der Waals surface area contributed by atoms with E-state index in [1.165, 1.54) is 20.3 Å². The molecular weight excluding hydrogens is 300 g/mol. The van der Waals surface area contributed by atoms with Crippen LogP contribution in [0.25, 0.3) is 0 Å². The number of hydrazine groups is 1. The van der Waals surface area contributed by atoms with Crippen LogP contribution in [0, 0.1) is 5.92 Å². The van der Waals surface area contributed by atoms with Crippen LogP contribution >= 0.6 is 0 Å². The zero-order chi connectivity index (χ0) is 16.8. The lowest BCUT2D eigenvalue weighted by Gasteiger charge is -2.29. The number of methoxy groups -OCH3 is 2. The van der Waals surface area contributed by atoms with Crippen molar-refractivity contribution >= 4 is 17.8 Å². The zero-order valence-corrected chi connectivity index (χ0v) is 12.9.